The normalized spacial score (nSPS) is 35.4. The second-order valence-electron chi connectivity index (χ2n) is 5.49. The first kappa shape index (κ1) is 13.4. The minimum absolute atomic E-state index is 0.0274. The molecule has 0 bridgehead atoms. The molecule has 2 fully saturated rings. The molecule has 0 spiro atoms. The first-order chi connectivity index (χ1) is 8.58. The molecule has 4 unspecified atom stereocenters. The van der Waals surface area contributed by atoms with Crippen LogP contribution in [0.25, 0.3) is 0 Å². The van der Waals surface area contributed by atoms with Crippen molar-refractivity contribution >= 4 is 11.9 Å². The van der Waals surface area contributed by atoms with Gasteiger partial charge in [-0.1, -0.05) is 0 Å². The lowest BCUT2D eigenvalue weighted by Crippen LogP contribution is -2.44. The van der Waals surface area contributed by atoms with Gasteiger partial charge < -0.3 is 9.47 Å². The average molecular weight is 254 g/mol. The number of carbonyl (C=O) groups excluding carboxylic acids is 2. The molecule has 18 heavy (non-hydrogen) atoms. The Balaban J connectivity index is 2.04. The zero-order chi connectivity index (χ0) is 13.1. The second-order valence-corrected chi connectivity index (χ2v) is 5.49. The van der Waals surface area contributed by atoms with Crippen LogP contribution in [-0.2, 0) is 19.1 Å². The van der Waals surface area contributed by atoms with Gasteiger partial charge in [0, 0.05) is 25.7 Å². The second kappa shape index (κ2) is 5.72. The number of esters is 2. The first-order valence-corrected chi connectivity index (χ1v) is 6.92. The van der Waals surface area contributed by atoms with E-state index in [0.717, 1.165) is 38.5 Å². The smallest absolute Gasteiger partial charge is 0.302 e. The summed E-state index contributed by atoms with van der Waals surface area (Å²) in [7, 11) is 0. The molecule has 0 aromatic rings. The Hall–Kier alpha value is -1.06. The summed E-state index contributed by atoms with van der Waals surface area (Å²) in [5.41, 5.74) is 0. The molecule has 0 N–H and O–H groups in total. The van der Waals surface area contributed by atoms with Gasteiger partial charge in [-0.25, -0.2) is 0 Å². The van der Waals surface area contributed by atoms with E-state index in [2.05, 4.69) is 0 Å². The Morgan fingerprint density at radius 1 is 0.778 bits per heavy atom. The third-order valence-corrected chi connectivity index (χ3v) is 4.19. The van der Waals surface area contributed by atoms with E-state index in [1.807, 2.05) is 0 Å². The minimum Gasteiger partial charge on any atom is -0.462 e. The van der Waals surface area contributed by atoms with Crippen LogP contribution in [0.15, 0.2) is 0 Å². The van der Waals surface area contributed by atoms with Crippen molar-refractivity contribution in [1.82, 2.24) is 0 Å². The summed E-state index contributed by atoms with van der Waals surface area (Å²) in [5, 5.41) is 0. The molecule has 4 nitrogen and oxygen atoms in total. The predicted molar refractivity (Wildman–Crippen MR) is 65.8 cm³/mol. The van der Waals surface area contributed by atoms with Gasteiger partial charge in [0.05, 0.1) is 0 Å². The molecule has 0 aliphatic heterocycles. The largest absolute Gasteiger partial charge is 0.462 e. The van der Waals surface area contributed by atoms with E-state index in [0.29, 0.717) is 11.8 Å². The van der Waals surface area contributed by atoms with Crippen LogP contribution in [0.5, 0.6) is 0 Å². The molecule has 0 amide bonds. The molecule has 4 atom stereocenters. The van der Waals surface area contributed by atoms with Crippen molar-refractivity contribution in [2.75, 3.05) is 0 Å². The summed E-state index contributed by atoms with van der Waals surface area (Å²) in [6.07, 6.45) is 6.23. The molecule has 2 aliphatic rings. The number of hydrogen-bond acceptors (Lipinski definition) is 4. The van der Waals surface area contributed by atoms with Crippen molar-refractivity contribution < 1.29 is 19.1 Å². The highest BCUT2D eigenvalue weighted by Gasteiger charge is 2.42. The summed E-state index contributed by atoms with van der Waals surface area (Å²) < 4.78 is 10.9. The molecule has 2 rings (SSSR count). The monoisotopic (exact) mass is 254 g/mol. The molecular weight excluding hydrogens is 232 g/mol. The summed E-state index contributed by atoms with van der Waals surface area (Å²) in [6, 6.07) is 0. The fourth-order valence-corrected chi connectivity index (χ4v) is 3.61. The van der Waals surface area contributed by atoms with E-state index in [4.69, 9.17) is 9.47 Å². The summed E-state index contributed by atoms with van der Waals surface area (Å²) in [6.45, 7) is 2.94. The highest BCUT2D eigenvalue weighted by atomic mass is 16.5. The van der Waals surface area contributed by atoms with Gasteiger partial charge in [-0.15, -0.1) is 0 Å². The van der Waals surface area contributed by atoms with Crippen molar-refractivity contribution in [3.63, 3.8) is 0 Å². The van der Waals surface area contributed by atoms with E-state index in [1.54, 1.807) is 0 Å². The molecular formula is C14H22O4. The molecule has 2 saturated carbocycles. The highest BCUT2D eigenvalue weighted by molar-refractivity contribution is 5.66. The van der Waals surface area contributed by atoms with Gasteiger partial charge in [0.25, 0.3) is 0 Å². The Bertz CT molecular complexity index is 294. The molecule has 0 heterocycles. The van der Waals surface area contributed by atoms with Crippen molar-refractivity contribution in [2.24, 2.45) is 11.8 Å². The maximum atomic E-state index is 11.1. The predicted octanol–water partition coefficient (Wildman–Crippen LogP) is 2.45. The molecule has 0 saturated heterocycles. The van der Waals surface area contributed by atoms with Gasteiger partial charge in [0.15, 0.2) is 0 Å². The molecule has 0 aromatic carbocycles. The summed E-state index contributed by atoms with van der Waals surface area (Å²) in [5.74, 6) is 0.354. The quantitative estimate of drug-likeness (QED) is 0.710. The standard InChI is InChI=1S/C14H22O4/c1-9(15)17-13-7-3-6-12-11(13)5-4-8-14(12)18-10(2)16/h11-14H,3-8H2,1-2H3. The van der Waals surface area contributed by atoms with Gasteiger partial charge in [0.2, 0.25) is 0 Å². The van der Waals surface area contributed by atoms with Crippen LogP contribution in [0.2, 0.25) is 0 Å². The fourth-order valence-electron chi connectivity index (χ4n) is 3.61. The van der Waals surface area contributed by atoms with Gasteiger partial charge in [-0.2, -0.15) is 0 Å². The summed E-state index contributed by atoms with van der Waals surface area (Å²) in [4.78, 5) is 22.3. The molecule has 102 valence electrons. The average Bonchev–Trinajstić information content (AvgIpc) is 2.29. The fraction of sp³-hybridized carbons (Fsp3) is 0.857. The zero-order valence-corrected chi connectivity index (χ0v) is 11.2. The molecule has 0 radical (unpaired) electrons. The van der Waals surface area contributed by atoms with Crippen molar-refractivity contribution in [2.45, 2.75) is 64.6 Å². The molecule has 4 heteroatoms. The topological polar surface area (TPSA) is 52.6 Å². The lowest BCUT2D eigenvalue weighted by molar-refractivity contribution is -0.166. The van der Waals surface area contributed by atoms with Crippen LogP contribution in [-0.4, -0.2) is 24.1 Å². The minimum atomic E-state index is -0.199. The van der Waals surface area contributed by atoms with Crippen LogP contribution in [0.4, 0.5) is 0 Å². The molecule has 2 aliphatic carbocycles. The van der Waals surface area contributed by atoms with Crippen molar-refractivity contribution in [3.8, 4) is 0 Å². The Labute approximate surface area is 108 Å². The van der Waals surface area contributed by atoms with Crippen molar-refractivity contribution in [1.29, 1.82) is 0 Å². The highest BCUT2D eigenvalue weighted by Crippen LogP contribution is 2.43. The van der Waals surface area contributed by atoms with E-state index in [9.17, 15) is 9.59 Å². The lowest BCUT2D eigenvalue weighted by atomic mass is 9.68. The van der Waals surface area contributed by atoms with E-state index in [-0.39, 0.29) is 24.1 Å². The van der Waals surface area contributed by atoms with E-state index < -0.39 is 0 Å². The number of carbonyl (C=O) groups is 2. The molecule has 0 aromatic heterocycles. The van der Waals surface area contributed by atoms with Gasteiger partial charge in [-0.3, -0.25) is 9.59 Å². The third-order valence-electron chi connectivity index (χ3n) is 4.19. The first-order valence-electron chi connectivity index (χ1n) is 6.92. The maximum Gasteiger partial charge on any atom is 0.302 e. The summed E-state index contributed by atoms with van der Waals surface area (Å²) >= 11 is 0. The van der Waals surface area contributed by atoms with Gasteiger partial charge in [-0.05, 0) is 38.5 Å². The lowest BCUT2D eigenvalue weighted by Gasteiger charge is -2.44. The van der Waals surface area contributed by atoms with E-state index >= 15 is 0 Å². The van der Waals surface area contributed by atoms with Crippen LogP contribution in [0.3, 0.4) is 0 Å². The number of fused-ring (bicyclic) bond motifs is 1. The van der Waals surface area contributed by atoms with E-state index in [1.165, 1.54) is 13.8 Å². The Morgan fingerprint density at radius 2 is 1.17 bits per heavy atom. The Morgan fingerprint density at radius 3 is 1.50 bits per heavy atom. The SMILES string of the molecule is CC(=O)OC1CCCC2C(OC(C)=O)CCCC12. The van der Waals surface area contributed by atoms with Crippen LogP contribution >= 0.6 is 0 Å². The van der Waals surface area contributed by atoms with Crippen molar-refractivity contribution in [3.05, 3.63) is 0 Å². The van der Waals surface area contributed by atoms with Gasteiger partial charge in [0.1, 0.15) is 12.2 Å². The van der Waals surface area contributed by atoms with Crippen LogP contribution in [0, 0.1) is 11.8 Å². The number of ether oxygens (including phenoxy) is 2. The van der Waals surface area contributed by atoms with Gasteiger partial charge >= 0.3 is 11.9 Å². The maximum absolute atomic E-state index is 11.1. The number of rotatable bonds is 2. The Kier molecular flexibility index (Phi) is 4.25. The van der Waals surface area contributed by atoms with Crippen LogP contribution < -0.4 is 0 Å². The zero-order valence-electron chi connectivity index (χ0n) is 11.2. The third kappa shape index (κ3) is 3.03. The van der Waals surface area contributed by atoms with Crippen LogP contribution in [0.1, 0.15) is 52.4 Å². The number of hydrogen-bond donors (Lipinski definition) is 0.